The molecule has 0 saturated heterocycles. The van der Waals surface area contributed by atoms with Crippen LogP contribution in [0.25, 0.3) is 70.9 Å². The monoisotopic (exact) mass is 754 g/mol. The Morgan fingerprint density at radius 1 is 0.508 bits per heavy atom. The topological polar surface area (TPSA) is 8.17 Å². The SMILES string of the molecule is CC1(C)c2ccccc2-c2ccc(N(c3ccccc3)c3ccc(C4C=CC(n5c6ccccc6c6c7c8ccccc8ccc7c7ccccc7c65)=CC4)cc3)cc21. The number of para-hydroxylation sites is 2. The number of anilines is 3. The molecule has 0 radical (unpaired) electrons. The van der Waals surface area contributed by atoms with Gasteiger partial charge in [0.2, 0.25) is 0 Å². The highest BCUT2D eigenvalue weighted by Gasteiger charge is 2.35. The molecule has 2 nitrogen and oxygen atoms in total. The van der Waals surface area contributed by atoms with Crippen molar-refractivity contribution in [1.29, 1.82) is 0 Å². The zero-order chi connectivity index (χ0) is 39.2. The van der Waals surface area contributed by atoms with Crippen molar-refractivity contribution in [2.75, 3.05) is 4.90 Å². The lowest BCUT2D eigenvalue weighted by atomic mass is 9.82. The Kier molecular flexibility index (Phi) is 7.43. The summed E-state index contributed by atoms with van der Waals surface area (Å²) >= 11 is 0. The molecular formula is C57H42N2. The molecule has 2 heteroatoms. The lowest BCUT2D eigenvalue weighted by Gasteiger charge is -2.28. The molecular weight excluding hydrogens is 713 g/mol. The van der Waals surface area contributed by atoms with Gasteiger partial charge in [-0.15, -0.1) is 0 Å². The summed E-state index contributed by atoms with van der Waals surface area (Å²) in [5.74, 6) is 0.284. The number of nitrogens with zero attached hydrogens (tertiary/aromatic N) is 2. The first-order chi connectivity index (χ1) is 29.0. The Hall–Kier alpha value is -7.16. The maximum absolute atomic E-state index is 2.53. The van der Waals surface area contributed by atoms with E-state index in [0.29, 0.717) is 0 Å². The molecule has 9 aromatic carbocycles. The molecule has 2 aliphatic carbocycles. The van der Waals surface area contributed by atoms with Crippen LogP contribution >= 0.6 is 0 Å². The summed E-state index contributed by atoms with van der Waals surface area (Å²) in [5.41, 5.74) is 13.9. The van der Waals surface area contributed by atoms with Gasteiger partial charge in [0.15, 0.2) is 0 Å². The first-order valence-electron chi connectivity index (χ1n) is 20.9. The fraction of sp³-hybridized carbons (Fsp3) is 0.0877. The average Bonchev–Trinajstić information content (AvgIpc) is 3.76. The van der Waals surface area contributed by atoms with Crippen molar-refractivity contribution in [2.24, 2.45) is 0 Å². The van der Waals surface area contributed by atoms with Crippen molar-refractivity contribution in [3.05, 3.63) is 217 Å². The second-order valence-electron chi connectivity index (χ2n) is 16.8. The van der Waals surface area contributed by atoms with Crippen molar-refractivity contribution in [1.82, 2.24) is 4.57 Å². The molecule has 280 valence electrons. The Morgan fingerprint density at radius 2 is 1.17 bits per heavy atom. The van der Waals surface area contributed by atoms with Gasteiger partial charge in [0.25, 0.3) is 0 Å². The van der Waals surface area contributed by atoms with E-state index in [4.69, 9.17) is 0 Å². The molecule has 1 heterocycles. The van der Waals surface area contributed by atoms with Gasteiger partial charge in [-0.1, -0.05) is 166 Å². The third-order valence-corrected chi connectivity index (χ3v) is 13.3. The Morgan fingerprint density at radius 3 is 1.98 bits per heavy atom. The van der Waals surface area contributed by atoms with E-state index < -0.39 is 0 Å². The highest BCUT2D eigenvalue weighted by Crippen LogP contribution is 2.51. The van der Waals surface area contributed by atoms with E-state index in [0.717, 1.165) is 17.8 Å². The molecule has 1 unspecified atom stereocenters. The van der Waals surface area contributed by atoms with Crippen LogP contribution in [0.3, 0.4) is 0 Å². The van der Waals surface area contributed by atoms with Crippen LogP contribution in [-0.2, 0) is 5.41 Å². The van der Waals surface area contributed by atoms with Crippen molar-refractivity contribution in [3.63, 3.8) is 0 Å². The zero-order valence-corrected chi connectivity index (χ0v) is 33.2. The van der Waals surface area contributed by atoms with Crippen LogP contribution < -0.4 is 4.90 Å². The molecule has 0 saturated carbocycles. The molecule has 0 spiro atoms. The summed E-state index contributed by atoms with van der Waals surface area (Å²) in [6.07, 6.45) is 8.15. The predicted octanol–water partition coefficient (Wildman–Crippen LogP) is 15.6. The maximum Gasteiger partial charge on any atom is 0.0626 e. The zero-order valence-electron chi connectivity index (χ0n) is 33.2. The van der Waals surface area contributed by atoms with E-state index in [2.05, 4.69) is 224 Å². The Bertz CT molecular complexity index is 3380. The molecule has 0 N–H and O–H groups in total. The Labute approximate surface area is 344 Å². The Balaban J connectivity index is 0.927. The van der Waals surface area contributed by atoms with Gasteiger partial charge in [0.05, 0.1) is 11.0 Å². The number of allylic oxidation sites excluding steroid dienone is 4. The summed E-state index contributed by atoms with van der Waals surface area (Å²) < 4.78 is 2.53. The summed E-state index contributed by atoms with van der Waals surface area (Å²) in [6, 6.07) is 67.3. The molecule has 1 atom stereocenters. The van der Waals surface area contributed by atoms with E-state index in [1.807, 2.05) is 0 Å². The largest absolute Gasteiger partial charge is 0.310 e. The average molecular weight is 755 g/mol. The minimum Gasteiger partial charge on any atom is -0.310 e. The van der Waals surface area contributed by atoms with E-state index in [1.165, 1.54) is 93.3 Å². The van der Waals surface area contributed by atoms with E-state index in [-0.39, 0.29) is 11.3 Å². The number of benzene rings is 9. The minimum absolute atomic E-state index is 0.0671. The fourth-order valence-corrected chi connectivity index (χ4v) is 10.5. The van der Waals surface area contributed by atoms with Gasteiger partial charge in [-0.2, -0.15) is 0 Å². The normalized spacial score (nSPS) is 15.6. The van der Waals surface area contributed by atoms with Crippen LogP contribution in [0.2, 0.25) is 0 Å². The quantitative estimate of drug-likeness (QED) is 0.159. The van der Waals surface area contributed by atoms with Crippen LogP contribution in [0.15, 0.2) is 200 Å². The summed E-state index contributed by atoms with van der Waals surface area (Å²) in [5, 5.41) is 10.4. The summed E-state index contributed by atoms with van der Waals surface area (Å²) in [4.78, 5) is 2.40. The van der Waals surface area contributed by atoms with Gasteiger partial charge in [-0.25, -0.2) is 0 Å². The summed E-state index contributed by atoms with van der Waals surface area (Å²) in [6.45, 7) is 4.71. The molecule has 10 aromatic rings. The number of fused-ring (bicyclic) bond motifs is 13. The fourth-order valence-electron chi connectivity index (χ4n) is 10.5. The van der Waals surface area contributed by atoms with E-state index in [9.17, 15) is 0 Å². The first-order valence-corrected chi connectivity index (χ1v) is 20.9. The van der Waals surface area contributed by atoms with Crippen LogP contribution in [0, 0.1) is 0 Å². The van der Waals surface area contributed by atoms with Crippen LogP contribution in [0.5, 0.6) is 0 Å². The third kappa shape index (κ3) is 5.06. The van der Waals surface area contributed by atoms with Crippen molar-refractivity contribution < 1.29 is 0 Å². The van der Waals surface area contributed by atoms with Gasteiger partial charge in [-0.3, -0.25) is 0 Å². The summed E-state index contributed by atoms with van der Waals surface area (Å²) in [7, 11) is 0. The van der Waals surface area contributed by atoms with Gasteiger partial charge in [-0.05, 0) is 104 Å². The number of hydrogen-bond acceptors (Lipinski definition) is 1. The van der Waals surface area contributed by atoms with Crippen LogP contribution in [0.4, 0.5) is 17.1 Å². The molecule has 1 aromatic heterocycles. The highest BCUT2D eigenvalue weighted by molar-refractivity contribution is 6.37. The third-order valence-electron chi connectivity index (χ3n) is 13.3. The smallest absolute Gasteiger partial charge is 0.0626 e. The second-order valence-corrected chi connectivity index (χ2v) is 16.8. The van der Waals surface area contributed by atoms with Crippen molar-refractivity contribution in [3.8, 4) is 11.1 Å². The van der Waals surface area contributed by atoms with Crippen LogP contribution in [-0.4, -0.2) is 4.57 Å². The van der Waals surface area contributed by atoms with E-state index >= 15 is 0 Å². The highest BCUT2D eigenvalue weighted by atomic mass is 15.1. The molecule has 59 heavy (non-hydrogen) atoms. The maximum atomic E-state index is 2.53. The standard InChI is InChI=1S/C57H42N2/c1-57(2)51-22-12-10-19-46(51)47-35-33-43(36-52(47)57)58(40-15-4-3-5-16-40)41-29-24-37(25-30-41)38-26-31-42(32-27-38)59-53-23-13-11-21-50(53)55-54-44-17-7-6-14-39(44)28-34-48(54)45-18-8-9-20-49(45)56(55)59/h3-26,28-36,38H,27H2,1-2H3. The molecule has 2 aliphatic rings. The van der Waals surface area contributed by atoms with E-state index in [1.54, 1.807) is 0 Å². The lowest BCUT2D eigenvalue weighted by molar-refractivity contribution is 0.660. The van der Waals surface area contributed by atoms with Gasteiger partial charge in [0.1, 0.15) is 0 Å². The molecule has 0 fully saturated rings. The second kappa shape index (κ2) is 12.9. The van der Waals surface area contributed by atoms with Gasteiger partial charge < -0.3 is 9.47 Å². The molecule has 0 aliphatic heterocycles. The van der Waals surface area contributed by atoms with Gasteiger partial charge >= 0.3 is 0 Å². The number of hydrogen-bond donors (Lipinski definition) is 0. The lowest BCUT2D eigenvalue weighted by Crippen LogP contribution is -2.16. The van der Waals surface area contributed by atoms with Crippen molar-refractivity contribution in [2.45, 2.75) is 31.6 Å². The van der Waals surface area contributed by atoms with Gasteiger partial charge in [0, 0.05) is 55.6 Å². The predicted molar refractivity (Wildman–Crippen MR) is 251 cm³/mol. The molecule has 12 rings (SSSR count). The number of rotatable bonds is 5. The molecule has 0 bridgehead atoms. The minimum atomic E-state index is -0.0671. The number of aromatic nitrogens is 1. The molecule has 0 amide bonds. The van der Waals surface area contributed by atoms with Crippen LogP contribution in [0.1, 0.15) is 42.9 Å². The van der Waals surface area contributed by atoms with Crippen molar-refractivity contribution >= 4 is 76.9 Å². The first kappa shape index (κ1) is 33.9.